The van der Waals surface area contributed by atoms with Crippen LogP contribution in [0.15, 0.2) is 23.8 Å². The van der Waals surface area contributed by atoms with Crippen LogP contribution in [0.25, 0.3) is 0 Å². The van der Waals surface area contributed by atoms with Crippen molar-refractivity contribution in [3.63, 3.8) is 0 Å². The van der Waals surface area contributed by atoms with Crippen molar-refractivity contribution in [2.24, 2.45) is 0 Å². The molecule has 0 radical (unpaired) electrons. The first-order valence-electron chi connectivity index (χ1n) is 6.18. The van der Waals surface area contributed by atoms with Gasteiger partial charge in [0.25, 0.3) is 0 Å². The molecule has 98 valence electrons. The van der Waals surface area contributed by atoms with Gasteiger partial charge in [0.2, 0.25) is 0 Å². The van der Waals surface area contributed by atoms with Crippen molar-refractivity contribution in [1.82, 2.24) is 15.3 Å². The number of aromatic nitrogens is 2. The molecule has 0 aliphatic heterocycles. The fourth-order valence-corrected chi connectivity index (χ4v) is 2.85. The molecular weight excluding hydrogens is 246 g/mol. The molecule has 0 aliphatic rings. The summed E-state index contributed by atoms with van der Waals surface area (Å²) >= 11 is 1.73. The molecule has 0 aliphatic carbocycles. The lowest BCUT2D eigenvalue weighted by molar-refractivity contribution is 0.402. The van der Waals surface area contributed by atoms with Gasteiger partial charge in [-0.15, -0.1) is 11.3 Å². The summed E-state index contributed by atoms with van der Waals surface area (Å²) in [5, 5.41) is 5.62. The minimum Gasteiger partial charge on any atom is -0.496 e. The van der Waals surface area contributed by atoms with Gasteiger partial charge in [-0.25, -0.2) is 4.98 Å². The zero-order valence-electron chi connectivity index (χ0n) is 10.8. The standard InChI is InChI=1S/C13H19N3OS/c1-3-5-14-10(9-12-15-6-7-16-12)13-11(17-2)4-8-18-13/h4,6-8,10,14H,3,5,9H2,1-2H3,(H,15,16). The third-order valence-corrected chi connectivity index (χ3v) is 3.80. The van der Waals surface area contributed by atoms with Gasteiger partial charge in [0.05, 0.1) is 18.0 Å². The summed E-state index contributed by atoms with van der Waals surface area (Å²) in [7, 11) is 1.72. The molecule has 0 spiro atoms. The van der Waals surface area contributed by atoms with Crippen LogP contribution in [0.3, 0.4) is 0 Å². The molecule has 1 unspecified atom stereocenters. The van der Waals surface area contributed by atoms with Crippen molar-refractivity contribution in [2.75, 3.05) is 13.7 Å². The largest absolute Gasteiger partial charge is 0.496 e. The lowest BCUT2D eigenvalue weighted by atomic mass is 10.1. The number of thiophene rings is 1. The molecular formula is C13H19N3OS. The summed E-state index contributed by atoms with van der Waals surface area (Å²) in [6.07, 6.45) is 5.61. The number of nitrogens with one attached hydrogen (secondary N) is 2. The van der Waals surface area contributed by atoms with E-state index in [0.29, 0.717) is 0 Å². The van der Waals surface area contributed by atoms with Crippen LogP contribution in [-0.2, 0) is 6.42 Å². The maximum absolute atomic E-state index is 5.41. The third-order valence-electron chi connectivity index (χ3n) is 2.79. The van der Waals surface area contributed by atoms with Gasteiger partial charge in [-0.05, 0) is 24.4 Å². The van der Waals surface area contributed by atoms with Crippen molar-refractivity contribution in [1.29, 1.82) is 0 Å². The SMILES string of the molecule is CCCNC(Cc1ncc[nH]1)c1sccc1OC. The Morgan fingerprint density at radius 1 is 1.56 bits per heavy atom. The van der Waals surface area contributed by atoms with E-state index in [0.717, 1.165) is 31.0 Å². The van der Waals surface area contributed by atoms with Crippen LogP contribution in [0.5, 0.6) is 5.75 Å². The third kappa shape index (κ3) is 3.11. The van der Waals surface area contributed by atoms with E-state index in [1.54, 1.807) is 24.6 Å². The molecule has 0 saturated heterocycles. The van der Waals surface area contributed by atoms with Crippen LogP contribution >= 0.6 is 11.3 Å². The van der Waals surface area contributed by atoms with Gasteiger partial charge in [0, 0.05) is 18.8 Å². The average Bonchev–Trinajstić information content (AvgIpc) is 3.04. The number of ether oxygens (including phenoxy) is 1. The maximum Gasteiger partial charge on any atom is 0.134 e. The fraction of sp³-hybridized carbons (Fsp3) is 0.462. The number of hydrogen-bond acceptors (Lipinski definition) is 4. The zero-order chi connectivity index (χ0) is 12.8. The minimum absolute atomic E-state index is 0.256. The molecule has 0 bridgehead atoms. The van der Waals surface area contributed by atoms with Crippen molar-refractivity contribution < 1.29 is 4.74 Å². The summed E-state index contributed by atoms with van der Waals surface area (Å²) in [4.78, 5) is 8.69. The maximum atomic E-state index is 5.41. The molecule has 2 rings (SSSR count). The van der Waals surface area contributed by atoms with E-state index in [-0.39, 0.29) is 6.04 Å². The molecule has 2 heterocycles. The Bertz CT molecular complexity index is 453. The zero-order valence-corrected chi connectivity index (χ0v) is 11.6. The van der Waals surface area contributed by atoms with Crippen LogP contribution in [0.1, 0.15) is 30.1 Å². The summed E-state index contributed by atoms with van der Waals surface area (Å²) < 4.78 is 5.41. The number of nitrogens with zero attached hydrogens (tertiary/aromatic N) is 1. The summed E-state index contributed by atoms with van der Waals surface area (Å²) in [6.45, 7) is 3.16. The quantitative estimate of drug-likeness (QED) is 0.809. The molecule has 2 aromatic heterocycles. The highest BCUT2D eigenvalue weighted by Crippen LogP contribution is 2.32. The minimum atomic E-state index is 0.256. The van der Waals surface area contributed by atoms with Gasteiger partial charge in [-0.3, -0.25) is 0 Å². The first-order valence-corrected chi connectivity index (χ1v) is 7.06. The molecule has 0 amide bonds. The molecule has 0 aromatic carbocycles. The Hall–Kier alpha value is -1.33. The number of H-pyrrole nitrogens is 1. The number of rotatable bonds is 7. The summed E-state index contributed by atoms with van der Waals surface area (Å²) in [6, 6.07) is 2.27. The van der Waals surface area contributed by atoms with Crippen LogP contribution in [0.2, 0.25) is 0 Å². The van der Waals surface area contributed by atoms with E-state index in [4.69, 9.17) is 4.74 Å². The van der Waals surface area contributed by atoms with Gasteiger partial charge in [-0.2, -0.15) is 0 Å². The van der Waals surface area contributed by atoms with Crippen molar-refractivity contribution in [3.8, 4) is 5.75 Å². The van der Waals surface area contributed by atoms with E-state index >= 15 is 0 Å². The molecule has 0 fully saturated rings. The van der Waals surface area contributed by atoms with Gasteiger partial charge >= 0.3 is 0 Å². The van der Waals surface area contributed by atoms with Gasteiger partial charge in [0.1, 0.15) is 11.6 Å². The lowest BCUT2D eigenvalue weighted by Crippen LogP contribution is -2.24. The van der Waals surface area contributed by atoms with Crippen LogP contribution < -0.4 is 10.1 Å². The van der Waals surface area contributed by atoms with Crippen LogP contribution in [0, 0.1) is 0 Å². The predicted octanol–water partition coefficient (Wildman–Crippen LogP) is 2.76. The molecule has 1 atom stereocenters. The van der Waals surface area contributed by atoms with Crippen molar-refractivity contribution >= 4 is 11.3 Å². The second-order valence-electron chi connectivity index (χ2n) is 4.10. The number of methoxy groups -OCH3 is 1. The fourth-order valence-electron chi connectivity index (χ4n) is 1.91. The summed E-state index contributed by atoms with van der Waals surface area (Å²) in [5.41, 5.74) is 0. The van der Waals surface area contributed by atoms with E-state index in [1.165, 1.54) is 4.88 Å². The molecule has 2 N–H and O–H groups in total. The van der Waals surface area contributed by atoms with E-state index in [2.05, 4.69) is 27.6 Å². The predicted molar refractivity (Wildman–Crippen MR) is 74.2 cm³/mol. The van der Waals surface area contributed by atoms with Crippen molar-refractivity contribution in [3.05, 3.63) is 34.5 Å². The topological polar surface area (TPSA) is 49.9 Å². The first-order chi connectivity index (χ1) is 8.85. The Kier molecular flexibility index (Phi) is 4.78. The monoisotopic (exact) mass is 265 g/mol. The second-order valence-corrected chi connectivity index (χ2v) is 5.05. The van der Waals surface area contributed by atoms with Gasteiger partial charge < -0.3 is 15.0 Å². The number of aromatic amines is 1. The van der Waals surface area contributed by atoms with Gasteiger partial charge in [0.15, 0.2) is 0 Å². The highest BCUT2D eigenvalue weighted by atomic mass is 32.1. The van der Waals surface area contributed by atoms with Crippen LogP contribution in [-0.4, -0.2) is 23.6 Å². The van der Waals surface area contributed by atoms with E-state index in [1.807, 2.05) is 12.3 Å². The Morgan fingerprint density at radius 3 is 3.11 bits per heavy atom. The Labute approximate surface area is 111 Å². The summed E-state index contributed by atoms with van der Waals surface area (Å²) in [5.74, 6) is 1.96. The van der Waals surface area contributed by atoms with E-state index < -0.39 is 0 Å². The smallest absolute Gasteiger partial charge is 0.134 e. The second kappa shape index (κ2) is 6.56. The number of hydrogen-bond donors (Lipinski definition) is 2. The molecule has 18 heavy (non-hydrogen) atoms. The van der Waals surface area contributed by atoms with Crippen molar-refractivity contribution in [2.45, 2.75) is 25.8 Å². The van der Waals surface area contributed by atoms with E-state index in [9.17, 15) is 0 Å². The molecule has 5 heteroatoms. The molecule has 4 nitrogen and oxygen atoms in total. The van der Waals surface area contributed by atoms with Gasteiger partial charge in [-0.1, -0.05) is 6.92 Å². The lowest BCUT2D eigenvalue weighted by Gasteiger charge is -2.17. The molecule has 0 saturated carbocycles. The molecule has 2 aromatic rings. The number of imidazole rings is 1. The first kappa shape index (κ1) is 13.1. The highest BCUT2D eigenvalue weighted by Gasteiger charge is 2.18. The highest BCUT2D eigenvalue weighted by molar-refractivity contribution is 7.10. The Balaban J connectivity index is 2.14. The van der Waals surface area contributed by atoms with Crippen LogP contribution in [0.4, 0.5) is 0 Å². The Morgan fingerprint density at radius 2 is 2.44 bits per heavy atom. The average molecular weight is 265 g/mol. The normalized spacial score (nSPS) is 12.6.